The number of benzene rings is 1. The highest BCUT2D eigenvalue weighted by Gasteiger charge is 2.29. The number of ether oxygens (including phenoxy) is 2. The van der Waals surface area contributed by atoms with Gasteiger partial charge in [0.25, 0.3) is 0 Å². The lowest BCUT2D eigenvalue weighted by molar-refractivity contribution is 0.00721. The second kappa shape index (κ2) is 8.50. The molecule has 0 spiro atoms. The maximum absolute atomic E-state index is 12.4. The molecule has 1 aliphatic carbocycles. The predicted octanol–water partition coefficient (Wildman–Crippen LogP) is 3.83. The first-order valence-corrected chi connectivity index (χ1v) is 10.7. The van der Waals surface area contributed by atoms with Gasteiger partial charge in [-0.05, 0) is 57.6 Å². The minimum atomic E-state index is -0.502. The van der Waals surface area contributed by atoms with Gasteiger partial charge >= 0.3 is 6.09 Å². The Hall–Kier alpha value is -2.83. The molecule has 160 valence electrons. The van der Waals surface area contributed by atoms with Crippen molar-refractivity contribution in [2.24, 2.45) is 0 Å². The number of carbonyl (C=O) groups is 1. The molecule has 1 atom stereocenters. The van der Waals surface area contributed by atoms with Crippen LogP contribution in [-0.2, 0) is 17.6 Å². The van der Waals surface area contributed by atoms with E-state index in [1.807, 2.05) is 26.8 Å². The van der Waals surface area contributed by atoms with E-state index in [1.54, 1.807) is 4.90 Å². The molecule has 0 saturated carbocycles. The number of amides is 1. The van der Waals surface area contributed by atoms with E-state index in [4.69, 9.17) is 9.47 Å². The van der Waals surface area contributed by atoms with Crippen LogP contribution in [0.25, 0.3) is 0 Å². The number of rotatable bonds is 4. The minimum Gasteiger partial charge on any atom is -0.472 e. The number of piperidine rings is 1. The summed E-state index contributed by atoms with van der Waals surface area (Å²) >= 11 is 0. The van der Waals surface area contributed by atoms with E-state index in [0.717, 1.165) is 31.5 Å². The van der Waals surface area contributed by atoms with Crippen LogP contribution in [0, 0.1) is 0 Å². The van der Waals surface area contributed by atoms with Crippen LogP contribution in [0.3, 0.4) is 0 Å². The molecule has 1 saturated heterocycles. The Morgan fingerprint density at radius 1 is 1.17 bits per heavy atom. The van der Waals surface area contributed by atoms with Crippen molar-refractivity contribution in [1.82, 2.24) is 14.9 Å². The predicted molar refractivity (Wildman–Crippen MR) is 115 cm³/mol. The molecule has 2 aromatic rings. The van der Waals surface area contributed by atoms with E-state index in [2.05, 4.69) is 39.6 Å². The van der Waals surface area contributed by atoms with Crippen LogP contribution < -0.4 is 10.1 Å². The van der Waals surface area contributed by atoms with Gasteiger partial charge in [-0.3, -0.25) is 0 Å². The van der Waals surface area contributed by atoms with Crippen molar-refractivity contribution in [3.8, 4) is 5.88 Å². The molecule has 30 heavy (non-hydrogen) atoms. The first-order chi connectivity index (χ1) is 14.4. The first-order valence-electron chi connectivity index (χ1n) is 10.7. The van der Waals surface area contributed by atoms with Gasteiger partial charge in [0.1, 0.15) is 23.9 Å². The summed E-state index contributed by atoms with van der Waals surface area (Å²) in [6.07, 6.45) is 4.86. The van der Waals surface area contributed by atoms with E-state index in [-0.39, 0.29) is 12.2 Å². The van der Waals surface area contributed by atoms with Crippen LogP contribution in [0.5, 0.6) is 5.88 Å². The Balaban J connectivity index is 1.33. The molecule has 2 aliphatic rings. The van der Waals surface area contributed by atoms with Gasteiger partial charge in [-0.15, -0.1) is 0 Å². The number of aromatic nitrogens is 2. The normalized spacial score (nSPS) is 19.3. The molecule has 1 amide bonds. The molecule has 0 radical (unpaired) electrons. The van der Waals surface area contributed by atoms with Crippen LogP contribution in [0.15, 0.2) is 36.7 Å². The number of hydrogen-bond acceptors (Lipinski definition) is 6. The van der Waals surface area contributed by atoms with Gasteiger partial charge < -0.3 is 19.7 Å². The Kier molecular flexibility index (Phi) is 5.79. The average molecular weight is 411 g/mol. The molecule has 1 aromatic carbocycles. The zero-order valence-corrected chi connectivity index (χ0v) is 17.9. The van der Waals surface area contributed by atoms with Gasteiger partial charge in [-0.1, -0.05) is 24.3 Å². The minimum absolute atomic E-state index is 0.107. The standard InChI is InChI=1S/C23H30N4O3/c1-23(2,3)30-22(28)27-10-6-9-19(14-27)29-21-13-20(24-15-25-21)26-18-11-16-7-4-5-8-17(16)12-18/h4-5,7-8,13,15,18-19H,6,9-12,14H2,1-3H3,(H,24,25,26). The third-order valence-electron chi connectivity index (χ3n) is 5.36. The van der Waals surface area contributed by atoms with Crippen molar-refractivity contribution >= 4 is 11.9 Å². The van der Waals surface area contributed by atoms with Crippen molar-refractivity contribution in [3.05, 3.63) is 47.8 Å². The van der Waals surface area contributed by atoms with Gasteiger partial charge in [-0.25, -0.2) is 14.8 Å². The molecule has 1 fully saturated rings. The third kappa shape index (κ3) is 5.20. The van der Waals surface area contributed by atoms with Crippen molar-refractivity contribution in [1.29, 1.82) is 0 Å². The van der Waals surface area contributed by atoms with Crippen molar-refractivity contribution < 1.29 is 14.3 Å². The van der Waals surface area contributed by atoms with E-state index >= 15 is 0 Å². The molecule has 2 heterocycles. The van der Waals surface area contributed by atoms with E-state index in [9.17, 15) is 4.79 Å². The van der Waals surface area contributed by atoms with E-state index in [0.29, 0.717) is 25.0 Å². The zero-order chi connectivity index (χ0) is 21.1. The highest BCUT2D eigenvalue weighted by Crippen LogP contribution is 2.25. The highest BCUT2D eigenvalue weighted by molar-refractivity contribution is 5.68. The summed E-state index contributed by atoms with van der Waals surface area (Å²) in [7, 11) is 0. The Morgan fingerprint density at radius 3 is 2.60 bits per heavy atom. The maximum atomic E-state index is 12.4. The number of anilines is 1. The molecule has 1 aromatic heterocycles. The summed E-state index contributed by atoms with van der Waals surface area (Å²) in [5, 5.41) is 3.50. The number of carbonyl (C=O) groups excluding carboxylic acids is 1. The quantitative estimate of drug-likeness (QED) is 0.825. The summed E-state index contributed by atoms with van der Waals surface area (Å²) in [5.74, 6) is 1.29. The second-order valence-electron chi connectivity index (χ2n) is 9.07. The Bertz CT molecular complexity index is 871. The monoisotopic (exact) mass is 410 g/mol. The van der Waals surface area contributed by atoms with Gasteiger partial charge in [0.2, 0.25) is 5.88 Å². The summed E-state index contributed by atoms with van der Waals surface area (Å²) in [4.78, 5) is 22.7. The van der Waals surface area contributed by atoms with Gasteiger partial charge in [-0.2, -0.15) is 0 Å². The maximum Gasteiger partial charge on any atom is 0.410 e. The number of nitrogens with zero attached hydrogens (tertiary/aromatic N) is 3. The smallest absolute Gasteiger partial charge is 0.410 e. The Labute approximate surface area is 177 Å². The summed E-state index contributed by atoms with van der Waals surface area (Å²) in [5.41, 5.74) is 2.29. The lowest BCUT2D eigenvalue weighted by Crippen LogP contribution is -2.46. The topological polar surface area (TPSA) is 76.6 Å². The van der Waals surface area contributed by atoms with Gasteiger partial charge in [0.05, 0.1) is 6.54 Å². The van der Waals surface area contributed by atoms with Crippen LogP contribution in [0.2, 0.25) is 0 Å². The molecule has 1 N–H and O–H groups in total. The fourth-order valence-corrected chi connectivity index (χ4v) is 4.05. The van der Waals surface area contributed by atoms with Crippen molar-refractivity contribution in [3.63, 3.8) is 0 Å². The summed E-state index contributed by atoms with van der Waals surface area (Å²) in [6, 6.07) is 10.7. The molecule has 1 unspecified atom stereocenters. The fraction of sp³-hybridized carbons (Fsp3) is 0.522. The van der Waals surface area contributed by atoms with Crippen LogP contribution in [0.4, 0.5) is 10.6 Å². The fourth-order valence-electron chi connectivity index (χ4n) is 4.05. The number of nitrogens with one attached hydrogen (secondary N) is 1. The largest absolute Gasteiger partial charge is 0.472 e. The van der Waals surface area contributed by atoms with Crippen LogP contribution in [-0.4, -0.2) is 51.8 Å². The SMILES string of the molecule is CC(C)(C)OC(=O)N1CCCC(Oc2cc(NC3Cc4ccccc4C3)ncn2)C1. The number of fused-ring (bicyclic) bond motifs is 1. The van der Waals surface area contributed by atoms with Crippen LogP contribution in [0.1, 0.15) is 44.7 Å². The number of likely N-dealkylation sites (tertiary alicyclic amines) is 1. The molecular weight excluding hydrogens is 380 g/mol. The van der Waals surface area contributed by atoms with Gasteiger partial charge in [0, 0.05) is 18.7 Å². The second-order valence-corrected chi connectivity index (χ2v) is 9.07. The van der Waals surface area contributed by atoms with E-state index in [1.165, 1.54) is 17.5 Å². The lowest BCUT2D eigenvalue weighted by atomic mass is 10.1. The summed E-state index contributed by atoms with van der Waals surface area (Å²) < 4.78 is 11.6. The van der Waals surface area contributed by atoms with Gasteiger partial charge in [0.15, 0.2) is 0 Å². The molecule has 7 nitrogen and oxygen atoms in total. The van der Waals surface area contributed by atoms with Crippen LogP contribution >= 0.6 is 0 Å². The number of hydrogen-bond donors (Lipinski definition) is 1. The van der Waals surface area contributed by atoms with Crippen molar-refractivity contribution in [2.75, 3.05) is 18.4 Å². The van der Waals surface area contributed by atoms with Crippen molar-refractivity contribution in [2.45, 2.75) is 64.2 Å². The molecule has 7 heteroatoms. The first kappa shape index (κ1) is 20.4. The Morgan fingerprint density at radius 2 is 1.90 bits per heavy atom. The molecular formula is C23H30N4O3. The highest BCUT2D eigenvalue weighted by atomic mass is 16.6. The molecule has 4 rings (SSSR count). The van der Waals surface area contributed by atoms with E-state index < -0.39 is 5.60 Å². The lowest BCUT2D eigenvalue weighted by Gasteiger charge is -2.33. The summed E-state index contributed by atoms with van der Waals surface area (Å²) in [6.45, 7) is 6.82. The third-order valence-corrected chi connectivity index (χ3v) is 5.36. The molecule has 0 bridgehead atoms. The zero-order valence-electron chi connectivity index (χ0n) is 17.9. The average Bonchev–Trinajstić information content (AvgIpc) is 3.09. The molecule has 1 aliphatic heterocycles.